The molecule has 0 N–H and O–H groups in total. The van der Waals surface area contributed by atoms with Gasteiger partial charge in [-0.3, -0.25) is 0 Å². The Balaban J connectivity index is 2.43. The number of aromatic nitrogens is 1. The predicted molar refractivity (Wildman–Crippen MR) is 69.7 cm³/mol. The zero-order chi connectivity index (χ0) is 13.0. The van der Waals surface area contributed by atoms with Crippen LogP contribution in [-0.4, -0.2) is 17.5 Å². The van der Waals surface area contributed by atoms with E-state index >= 15 is 0 Å². The number of hydrogen-bond acceptors (Lipinski definition) is 4. The molecule has 4 heteroatoms. The number of aryl methyl sites for hydroxylation is 2. The van der Waals surface area contributed by atoms with Crippen molar-refractivity contribution in [2.45, 2.75) is 20.8 Å². The summed E-state index contributed by atoms with van der Waals surface area (Å²) < 4.78 is 4.97. The van der Waals surface area contributed by atoms with E-state index in [2.05, 4.69) is 10.3 Å². The Morgan fingerprint density at radius 1 is 1.28 bits per heavy atom. The van der Waals surface area contributed by atoms with Gasteiger partial charge in [0.2, 0.25) is 0 Å². The molecule has 2 aromatic rings. The van der Waals surface area contributed by atoms with Gasteiger partial charge in [0, 0.05) is 11.1 Å². The topological polar surface area (TPSA) is 47.6 Å². The average molecular weight is 244 g/mol. The van der Waals surface area contributed by atoms with Crippen molar-refractivity contribution in [3.8, 4) is 0 Å². The summed E-state index contributed by atoms with van der Waals surface area (Å²) in [6, 6.07) is 8.07. The highest BCUT2D eigenvalue weighted by Gasteiger charge is 2.14. The Labute approximate surface area is 106 Å². The van der Waals surface area contributed by atoms with Gasteiger partial charge in [-0.2, -0.15) is 0 Å². The van der Waals surface area contributed by atoms with Crippen LogP contribution < -0.4 is 0 Å². The summed E-state index contributed by atoms with van der Waals surface area (Å²) in [5.74, 6) is 0. The van der Waals surface area contributed by atoms with E-state index in [0.717, 1.165) is 11.1 Å². The summed E-state index contributed by atoms with van der Waals surface area (Å²) in [5, 5.41) is 8.12. The maximum Gasteiger partial charge on any atom is 0.139 e. The van der Waals surface area contributed by atoms with E-state index in [9.17, 15) is 0 Å². The van der Waals surface area contributed by atoms with Gasteiger partial charge < -0.3 is 9.36 Å². The van der Waals surface area contributed by atoms with E-state index in [1.165, 1.54) is 5.56 Å². The van der Waals surface area contributed by atoms with Crippen LogP contribution in [0, 0.1) is 13.8 Å². The van der Waals surface area contributed by atoms with Gasteiger partial charge in [0.1, 0.15) is 24.3 Å². The van der Waals surface area contributed by atoms with Crippen molar-refractivity contribution in [3.63, 3.8) is 0 Å². The third-order valence-electron chi connectivity index (χ3n) is 2.58. The maximum absolute atomic E-state index is 5.17. The molecule has 0 spiro atoms. The van der Waals surface area contributed by atoms with Gasteiger partial charge in [0.05, 0.1) is 0 Å². The largest absolute Gasteiger partial charge is 0.396 e. The molecule has 0 saturated carbocycles. The SMILES string of the molecule is CCO/N=C(\c1ccc(C)cc1)c1nocc1C. The molecule has 2 rings (SSSR count). The lowest BCUT2D eigenvalue weighted by atomic mass is 10.0. The van der Waals surface area contributed by atoms with Crippen molar-refractivity contribution in [1.29, 1.82) is 0 Å². The molecule has 0 aliphatic heterocycles. The summed E-state index contributed by atoms with van der Waals surface area (Å²) in [5.41, 5.74) is 4.52. The second-order valence-electron chi connectivity index (χ2n) is 4.07. The smallest absolute Gasteiger partial charge is 0.139 e. The normalized spacial score (nSPS) is 11.6. The molecule has 4 nitrogen and oxygen atoms in total. The number of hydrogen-bond donors (Lipinski definition) is 0. The first-order valence-corrected chi connectivity index (χ1v) is 5.90. The maximum atomic E-state index is 5.17. The molecule has 0 unspecified atom stereocenters. The van der Waals surface area contributed by atoms with E-state index in [1.54, 1.807) is 6.26 Å². The van der Waals surface area contributed by atoms with Crippen LogP contribution >= 0.6 is 0 Å². The van der Waals surface area contributed by atoms with Crippen molar-refractivity contribution >= 4 is 5.71 Å². The molecule has 0 aliphatic carbocycles. The van der Waals surface area contributed by atoms with E-state index in [4.69, 9.17) is 9.36 Å². The summed E-state index contributed by atoms with van der Waals surface area (Å²) in [6.07, 6.45) is 1.60. The van der Waals surface area contributed by atoms with E-state index in [-0.39, 0.29) is 0 Å². The molecular formula is C14H16N2O2. The molecule has 18 heavy (non-hydrogen) atoms. The first-order valence-electron chi connectivity index (χ1n) is 5.90. The Morgan fingerprint density at radius 2 is 2.00 bits per heavy atom. The second-order valence-corrected chi connectivity index (χ2v) is 4.07. The zero-order valence-electron chi connectivity index (χ0n) is 10.8. The van der Waals surface area contributed by atoms with Gasteiger partial charge in [-0.05, 0) is 20.8 Å². The predicted octanol–water partition coefficient (Wildman–Crippen LogP) is 3.08. The van der Waals surface area contributed by atoms with Crippen LogP contribution in [0.3, 0.4) is 0 Å². The Hall–Kier alpha value is -2.10. The molecule has 0 saturated heterocycles. The molecule has 0 amide bonds. The molecule has 0 fully saturated rings. The van der Waals surface area contributed by atoms with Crippen molar-refractivity contribution in [3.05, 3.63) is 52.9 Å². The molecule has 1 aromatic carbocycles. The van der Waals surface area contributed by atoms with Crippen LogP contribution in [0.1, 0.15) is 29.3 Å². The Bertz CT molecular complexity index is 541. The third kappa shape index (κ3) is 2.59. The fourth-order valence-corrected chi connectivity index (χ4v) is 1.59. The fourth-order valence-electron chi connectivity index (χ4n) is 1.59. The average Bonchev–Trinajstić information content (AvgIpc) is 2.78. The lowest BCUT2D eigenvalue weighted by Crippen LogP contribution is -2.06. The number of oxime groups is 1. The highest BCUT2D eigenvalue weighted by atomic mass is 16.6. The number of rotatable bonds is 4. The first kappa shape index (κ1) is 12.4. The van der Waals surface area contributed by atoms with Gasteiger partial charge in [-0.15, -0.1) is 0 Å². The zero-order valence-corrected chi connectivity index (χ0v) is 10.8. The molecule has 94 valence electrons. The number of nitrogens with zero attached hydrogens (tertiary/aromatic N) is 2. The van der Waals surface area contributed by atoms with Crippen LogP contribution in [0.4, 0.5) is 0 Å². The standard InChI is InChI=1S/C14H16N2O2/c1-4-17-16-14(13-11(3)9-18-15-13)12-7-5-10(2)6-8-12/h5-9H,4H2,1-3H3/b16-14+. The number of benzene rings is 1. The van der Waals surface area contributed by atoms with Crippen LogP contribution in [0.25, 0.3) is 0 Å². The molecule has 1 heterocycles. The molecular weight excluding hydrogens is 228 g/mol. The molecule has 0 aliphatic rings. The fraction of sp³-hybridized carbons (Fsp3) is 0.286. The van der Waals surface area contributed by atoms with E-state index < -0.39 is 0 Å². The molecule has 0 atom stereocenters. The van der Waals surface area contributed by atoms with E-state index in [0.29, 0.717) is 18.0 Å². The third-order valence-corrected chi connectivity index (χ3v) is 2.58. The molecule has 0 bridgehead atoms. The van der Waals surface area contributed by atoms with Crippen molar-refractivity contribution < 1.29 is 9.36 Å². The van der Waals surface area contributed by atoms with Crippen LogP contribution in [-0.2, 0) is 4.84 Å². The Kier molecular flexibility index (Phi) is 3.77. The van der Waals surface area contributed by atoms with Crippen LogP contribution in [0.2, 0.25) is 0 Å². The molecule has 0 radical (unpaired) electrons. The van der Waals surface area contributed by atoms with Crippen molar-refractivity contribution in [2.75, 3.05) is 6.61 Å². The van der Waals surface area contributed by atoms with Crippen LogP contribution in [0.5, 0.6) is 0 Å². The minimum Gasteiger partial charge on any atom is -0.396 e. The van der Waals surface area contributed by atoms with Gasteiger partial charge in [0.25, 0.3) is 0 Å². The summed E-state index contributed by atoms with van der Waals surface area (Å²) in [6.45, 7) is 6.39. The van der Waals surface area contributed by atoms with Gasteiger partial charge in [0.15, 0.2) is 0 Å². The van der Waals surface area contributed by atoms with Gasteiger partial charge in [-0.25, -0.2) is 0 Å². The lowest BCUT2D eigenvalue weighted by molar-refractivity contribution is 0.159. The summed E-state index contributed by atoms with van der Waals surface area (Å²) in [7, 11) is 0. The highest BCUT2D eigenvalue weighted by molar-refractivity contribution is 6.12. The van der Waals surface area contributed by atoms with Crippen LogP contribution in [0.15, 0.2) is 40.2 Å². The molecule has 1 aromatic heterocycles. The minimum absolute atomic E-state index is 0.520. The first-order chi connectivity index (χ1) is 8.72. The van der Waals surface area contributed by atoms with Gasteiger partial charge in [-0.1, -0.05) is 40.1 Å². The quantitative estimate of drug-likeness (QED) is 0.613. The highest BCUT2D eigenvalue weighted by Crippen LogP contribution is 2.14. The summed E-state index contributed by atoms with van der Waals surface area (Å²) in [4.78, 5) is 5.17. The monoisotopic (exact) mass is 244 g/mol. The lowest BCUT2D eigenvalue weighted by Gasteiger charge is -2.04. The van der Waals surface area contributed by atoms with Gasteiger partial charge >= 0.3 is 0 Å². The van der Waals surface area contributed by atoms with Crippen molar-refractivity contribution in [1.82, 2.24) is 5.16 Å². The Morgan fingerprint density at radius 3 is 2.56 bits per heavy atom. The van der Waals surface area contributed by atoms with Crippen molar-refractivity contribution in [2.24, 2.45) is 5.16 Å². The van der Waals surface area contributed by atoms with E-state index in [1.807, 2.05) is 45.0 Å². The minimum atomic E-state index is 0.520. The second kappa shape index (κ2) is 5.49. The summed E-state index contributed by atoms with van der Waals surface area (Å²) >= 11 is 0.